The van der Waals surface area contributed by atoms with E-state index >= 15 is 0 Å². The summed E-state index contributed by atoms with van der Waals surface area (Å²) >= 11 is 6.95. The molecule has 2 aromatic rings. The largest absolute Gasteiger partial charge is 0.462 e. The Hall–Kier alpha value is -1.73. The van der Waals surface area contributed by atoms with Crippen molar-refractivity contribution in [2.75, 3.05) is 11.9 Å². The van der Waals surface area contributed by atoms with Crippen LogP contribution in [0.2, 0.25) is 4.47 Å². The summed E-state index contributed by atoms with van der Waals surface area (Å²) in [4.78, 5) is 16.1. The first-order valence-corrected chi connectivity index (χ1v) is 7.21. The number of rotatable bonds is 5. The third-order valence-electron chi connectivity index (χ3n) is 2.51. The first kappa shape index (κ1) is 15.7. The van der Waals surface area contributed by atoms with E-state index in [9.17, 15) is 13.6 Å². The molecular formula is C13H11ClF2N2O2S. The number of nitrogens with zero attached hydrogens (tertiary/aromatic N) is 1. The fourth-order valence-electron chi connectivity index (χ4n) is 1.63. The van der Waals surface area contributed by atoms with E-state index in [1.54, 1.807) is 13.1 Å². The number of hydrogen-bond acceptors (Lipinski definition) is 5. The van der Waals surface area contributed by atoms with Gasteiger partial charge in [-0.15, -0.1) is 11.3 Å². The molecule has 0 saturated carbocycles. The summed E-state index contributed by atoms with van der Waals surface area (Å²) in [5.74, 6) is -2.97. The summed E-state index contributed by atoms with van der Waals surface area (Å²) in [6, 6.07) is 2.08. The van der Waals surface area contributed by atoms with Crippen molar-refractivity contribution in [3.05, 3.63) is 44.9 Å². The van der Waals surface area contributed by atoms with Crippen LogP contribution in [0.15, 0.2) is 18.3 Å². The number of carbonyl (C=O) groups excluding carboxylic acids is 1. The molecule has 0 atom stereocenters. The first-order chi connectivity index (χ1) is 10.0. The minimum absolute atomic E-state index is 0.0455. The molecule has 0 aliphatic carbocycles. The maximum Gasteiger partial charge on any atom is 0.344 e. The Morgan fingerprint density at radius 2 is 2.10 bits per heavy atom. The van der Waals surface area contributed by atoms with Crippen molar-refractivity contribution in [2.24, 2.45) is 0 Å². The third-order valence-corrected chi connectivity index (χ3v) is 3.63. The normalized spacial score (nSPS) is 10.5. The molecule has 1 aromatic carbocycles. The van der Waals surface area contributed by atoms with Gasteiger partial charge in [0.25, 0.3) is 0 Å². The molecular weight excluding hydrogens is 322 g/mol. The molecule has 0 spiro atoms. The van der Waals surface area contributed by atoms with Crippen LogP contribution in [0.4, 0.5) is 14.5 Å². The van der Waals surface area contributed by atoms with Gasteiger partial charge in [0, 0.05) is 16.8 Å². The van der Waals surface area contributed by atoms with Crippen molar-refractivity contribution in [3.63, 3.8) is 0 Å². The minimum Gasteiger partial charge on any atom is -0.462 e. The highest BCUT2D eigenvalue weighted by Gasteiger charge is 2.19. The average molecular weight is 333 g/mol. The van der Waals surface area contributed by atoms with Crippen LogP contribution in [0, 0.1) is 11.6 Å². The highest BCUT2D eigenvalue weighted by Crippen LogP contribution is 2.22. The van der Waals surface area contributed by atoms with E-state index in [1.807, 2.05) is 0 Å². The van der Waals surface area contributed by atoms with Crippen molar-refractivity contribution in [2.45, 2.75) is 13.5 Å². The van der Waals surface area contributed by atoms with Gasteiger partial charge in [-0.3, -0.25) is 0 Å². The number of benzene rings is 1. The van der Waals surface area contributed by atoms with Gasteiger partial charge in [0.05, 0.1) is 13.2 Å². The zero-order valence-electron chi connectivity index (χ0n) is 11.0. The minimum atomic E-state index is -1.02. The fraction of sp³-hybridized carbons (Fsp3) is 0.231. The summed E-state index contributed by atoms with van der Waals surface area (Å²) in [5, 5.41) is 2.83. The van der Waals surface area contributed by atoms with Gasteiger partial charge in [-0.1, -0.05) is 11.6 Å². The van der Waals surface area contributed by atoms with Crippen molar-refractivity contribution >= 4 is 34.6 Å². The molecule has 0 bridgehead atoms. The van der Waals surface area contributed by atoms with E-state index in [0.717, 1.165) is 17.0 Å². The van der Waals surface area contributed by atoms with Gasteiger partial charge >= 0.3 is 5.97 Å². The summed E-state index contributed by atoms with van der Waals surface area (Å²) in [6.07, 6.45) is 1.57. The van der Waals surface area contributed by atoms with Crippen LogP contribution < -0.4 is 5.32 Å². The second-order valence-electron chi connectivity index (χ2n) is 3.97. The number of carbonyl (C=O) groups is 1. The molecule has 0 fully saturated rings. The van der Waals surface area contributed by atoms with Crippen LogP contribution in [0.1, 0.15) is 22.2 Å². The van der Waals surface area contributed by atoms with E-state index in [1.165, 1.54) is 11.3 Å². The SMILES string of the molecule is CCOC(=O)c1c(F)cc(NCc2cnc(Cl)s2)cc1F. The molecule has 0 unspecified atom stereocenters. The van der Waals surface area contributed by atoms with Gasteiger partial charge in [0.2, 0.25) is 0 Å². The van der Waals surface area contributed by atoms with Crippen molar-refractivity contribution in [3.8, 4) is 0 Å². The molecule has 4 nitrogen and oxygen atoms in total. The molecule has 1 N–H and O–H groups in total. The molecule has 0 saturated heterocycles. The number of anilines is 1. The highest BCUT2D eigenvalue weighted by atomic mass is 35.5. The van der Waals surface area contributed by atoms with Crippen LogP contribution in [-0.4, -0.2) is 17.6 Å². The van der Waals surface area contributed by atoms with E-state index in [4.69, 9.17) is 11.6 Å². The lowest BCUT2D eigenvalue weighted by Crippen LogP contribution is -2.11. The zero-order valence-corrected chi connectivity index (χ0v) is 12.5. The molecule has 21 heavy (non-hydrogen) atoms. The van der Waals surface area contributed by atoms with E-state index in [0.29, 0.717) is 11.0 Å². The van der Waals surface area contributed by atoms with Crippen LogP contribution in [0.5, 0.6) is 0 Å². The topological polar surface area (TPSA) is 51.2 Å². The van der Waals surface area contributed by atoms with Gasteiger partial charge in [0.15, 0.2) is 4.47 Å². The molecule has 0 amide bonds. The summed E-state index contributed by atoms with van der Waals surface area (Å²) < 4.78 is 32.6. The van der Waals surface area contributed by atoms with Crippen molar-refractivity contribution in [1.82, 2.24) is 4.98 Å². The maximum atomic E-state index is 13.8. The Bertz CT molecular complexity index is 640. The summed E-state index contributed by atoms with van der Waals surface area (Å²) in [5.41, 5.74) is -0.481. The standard InChI is InChI=1S/C13H11ClF2N2O2S/c1-2-20-12(19)11-9(15)3-7(4-10(11)16)17-5-8-6-18-13(14)21-8/h3-4,6,17H,2,5H2,1H3. The maximum absolute atomic E-state index is 13.8. The van der Waals surface area contributed by atoms with Gasteiger partial charge in [-0.2, -0.15) is 0 Å². The Morgan fingerprint density at radius 3 is 2.62 bits per heavy atom. The Balaban J connectivity index is 2.13. The monoisotopic (exact) mass is 332 g/mol. The number of halogens is 3. The summed E-state index contributed by atoms with van der Waals surface area (Å²) in [6.45, 7) is 1.93. The number of aromatic nitrogens is 1. The van der Waals surface area contributed by atoms with E-state index in [2.05, 4.69) is 15.0 Å². The molecule has 1 aromatic heterocycles. The van der Waals surface area contributed by atoms with Crippen LogP contribution in [0.3, 0.4) is 0 Å². The second-order valence-corrected chi connectivity index (χ2v) is 5.67. The van der Waals surface area contributed by atoms with Gasteiger partial charge in [0.1, 0.15) is 17.2 Å². The summed E-state index contributed by atoms with van der Waals surface area (Å²) in [7, 11) is 0. The first-order valence-electron chi connectivity index (χ1n) is 6.01. The Labute approximate surface area is 128 Å². The third kappa shape index (κ3) is 3.89. The number of thiazole rings is 1. The quantitative estimate of drug-likeness (QED) is 0.845. The van der Waals surface area contributed by atoms with E-state index < -0.39 is 23.2 Å². The number of nitrogens with one attached hydrogen (secondary N) is 1. The van der Waals surface area contributed by atoms with E-state index in [-0.39, 0.29) is 12.3 Å². The van der Waals surface area contributed by atoms with Crippen molar-refractivity contribution < 1.29 is 18.3 Å². The second kappa shape index (κ2) is 6.82. The number of esters is 1. The lowest BCUT2D eigenvalue weighted by molar-refractivity contribution is 0.0515. The highest BCUT2D eigenvalue weighted by molar-refractivity contribution is 7.15. The van der Waals surface area contributed by atoms with Gasteiger partial charge in [-0.05, 0) is 19.1 Å². The molecule has 2 rings (SSSR count). The molecule has 1 heterocycles. The lowest BCUT2D eigenvalue weighted by atomic mass is 10.1. The predicted octanol–water partition coefficient (Wildman–Crippen LogP) is 3.86. The molecule has 0 radical (unpaired) electrons. The molecule has 0 aliphatic rings. The van der Waals surface area contributed by atoms with Crippen LogP contribution in [-0.2, 0) is 11.3 Å². The molecule has 112 valence electrons. The van der Waals surface area contributed by atoms with Crippen LogP contribution >= 0.6 is 22.9 Å². The molecule has 0 aliphatic heterocycles. The van der Waals surface area contributed by atoms with Gasteiger partial charge < -0.3 is 10.1 Å². The van der Waals surface area contributed by atoms with Gasteiger partial charge in [-0.25, -0.2) is 18.6 Å². The number of hydrogen-bond donors (Lipinski definition) is 1. The average Bonchev–Trinajstić information content (AvgIpc) is 2.82. The van der Waals surface area contributed by atoms with Crippen molar-refractivity contribution in [1.29, 1.82) is 0 Å². The molecule has 8 heteroatoms. The van der Waals surface area contributed by atoms with Crippen LogP contribution in [0.25, 0.3) is 0 Å². The lowest BCUT2D eigenvalue weighted by Gasteiger charge is -2.09. The Morgan fingerprint density at radius 1 is 1.43 bits per heavy atom. The predicted molar refractivity (Wildman–Crippen MR) is 76.8 cm³/mol. The number of ether oxygens (including phenoxy) is 1. The Kier molecular flexibility index (Phi) is 5.08. The zero-order chi connectivity index (χ0) is 15.4. The fourth-order valence-corrected chi connectivity index (χ4v) is 2.55. The smallest absolute Gasteiger partial charge is 0.344 e.